The highest BCUT2D eigenvalue weighted by molar-refractivity contribution is 6.03. The Morgan fingerprint density at radius 2 is 1.73 bits per heavy atom. The summed E-state index contributed by atoms with van der Waals surface area (Å²) in [5.74, 6) is -4.67. The van der Waals surface area contributed by atoms with Crippen molar-refractivity contribution in [2.24, 2.45) is 0 Å². The van der Waals surface area contributed by atoms with Crippen molar-refractivity contribution in [2.45, 2.75) is 90.1 Å². The van der Waals surface area contributed by atoms with E-state index in [1.807, 2.05) is 39.8 Å². The first-order valence-electron chi connectivity index (χ1n) is 14.3. The first-order valence-corrected chi connectivity index (χ1v) is 14.3. The van der Waals surface area contributed by atoms with Gasteiger partial charge in [-0.15, -0.1) is 0 Å². The molecule has 0 bridgehead atoms. The van der Waals surface area contributed by atoms with Crippen molar-refractivity contribution >= 4 is 23.6 Å². The van der Waals surface area contributed by atoms with Gasteiger partial charge in [0, 0.05) is 26.0 Å². The van der Waals surface area contributed by atoms with Gasteiger partial charge in [0.1, 0.15) is 18.4 Å². The molecule has 0 radical (unpaired) electrons. The van der Waals surface area contributed by atoms with Crippen molar-refractivity contribution < 1.29 is 33.7 Å². The second-order valence-electron chi connectivity index (χ2n) is 9.55. The second kappa shape index (κ2) is 16.0. The number of amides is 3. The van der Waals surface area contributed by atoms with Crippen molar-refractivity contribution in [2.75, 3.05) is 18.6 Å². The van der Waals surface area contributed by atoms with E-state index in [4.69, 9.17) is 0 Å². The number of nitrogens with zero attached hydrogens (tertiary/aromatic N) is 1. The van der Waals surface area contributed by atoms with Crippen LogP contribution in [0.15, 0.2) is 48.5 Å². The van der Waals surface area contributed by atoms with Crippen LogP contribution in [0.4, 0.5) is 23.7 Å². The summed E-state index contributed by atoms with van der Waals surface area (Å²) in [6.07, 6.45) is 1.29. The van der Waals surface area contributed by atoms with Gasteiger partial charge in [0.05, 0.1) is 7.11 Å². The second-order valence-corrected chi connectivity index (χ2v) is 9.55. The molecule has 2 atom stereocenters. The summed E-state index contributed by atoms with van der Waals surface area (Å²) in [4.78, 5) is 40.2. The van der Waals surface area contributed by atoms with Crippen LogP contribution in [0.2, 0.25) is 0 Å². The van der Waals surface area contributed by atoms with Gasteiger partial charge >= 0.3 is 6.09 Å². The molecule has 2 N–H and O–H groups in total. The molecule has 2 aliphatic carbocycles. The van der Waals surface area contributed by atoms with Gasteiger partial charge in [-0.2, -0.15) is 0 Å². The lowest BCUT2D eigenvalue weighted by atomic mass is 9.77. The fourth-order valence-electron chi connectivity index (χ4n) is 4.97. The van der Waals surface area contributed by atoms with E-state index in [-0.39, 0.29) is 25.9 Å². The Bertz CT molecular complexity index is 1160. The molecule has 0 saturated heterocycles. The van der Waals surface area contributed by atoms with Crippen molar-refractivity contribution in [3.8, 4) is 0 Å². The fourth-order valence-corrected chi connectivity index (χ4v) is 4.97. The van der Waals surface area contributed by atoms with Crippen molar-refractivity contribution in [3.63, 3.8) is 0 Å². The summed E-state index contributed by atoms with van der Waals surface area (Å²) in [6, 6.07) is 10.4. The van der Waals surface area contributed by atoms with E-state index in [2.05, 4.69) is 15.4 Å². The number of nitrogens with one attached hydrogen (secondary N) is 2. The lowest BCUT2D eigenvalue weighted by Gasteiger charge is -2.36. The molecule has 2 aliphatic rings. The summed E-state index contributed by atoms with van der Waals surface area (Å²) in [5, 5.41) is 5.02. The van der Waals surface area contributed by atoms with Crippen LogP contribution >= 0.6 is 0 Å². The number of alkyl halides is 2. The van der Waals surface area contributed by atoms with Gasteiger partial charge in [-0.05, 0) is 54.5 Å². The third kappa shape index (κ3) is 8.96. The summed E-state index contributed by atoms with van der Waals surface area (Å²) in [7, 11) is 1.15. The van der Waals surface area contributed by atoms with Crippen LogP contribution in [0.5, 0.6) is 0 Å². The Morgan fingerprint density at radius 3 is 2.29 bits per heavy atom. The minimum absolute atomic E-state index is 0. The van der Waals surface area contributed by atoms with E-state index >= 15 is 0 Å². The monoisotopic (exact) mass is 579 g/mol. The van der Waals surface area contributed by atoms with Gasteiger partial charge in [0.25, 0.3) is 0 Å². The minimum Gasteiger partial charge on any atom is -0.453 e. The number of methoxy groups -OCH3 is 1. The summed E-state index contributed by atoms with van der Waals surface area (Å²) in [5.41, 5.74) is 1.50. The summed E-state index contributed by atoms with van der Waals surface area (Å²) in [6.45, 7) is 7.47. The summed E-state index contributed by atoms with van der Waals surface area (Å²) >= 11 is 0. The molecule has 0 aromatic heterocycles. The molecule has 4 rings (SSSR count). The summed E-state index contributed by atoms with van der Waals surface area (Å²) < 4.78 is 46.6. The lowest BCUT2D eigenvalue weighted by molar-refractivity contribution is -0.127. The number of hydrogen-bond acceptors (Lipinski definition) is 4. The standard InChI is InChI=1S/C27H30F3N3O4.2C2H6.H2/c1-37-26(36)31-16-23(34)33(20-9-5-8-18(28)14-20)24(25(35)32-19-12-13-27(29,30)15-19)22-11-3-2-10-21(22)17-6-4-7-17;2*1-2;/h2-3,5,8-11,14,17,19,24H,4,6-7,12-13,15-16H2,1H3,(H,31,36)(H,32,35);2*1-2H3;1H/t19-,24-;;;/m0.../s1. The average molecular weight is 580 g/mol. The number of rotatable bonds is 8. The molecule has 2 aromatic carbocycles. The van der Waals surface area contributed by atoms with Gasteiger partial charge in [-0.1, -0.05) is 64.4 Å². The maximum Gasteiger partial charge on any atom is 0.407 e. The molecule has 0 unspecified atom stereocenters. The van der Waals surface area contributed by atoms with Crippen LogP contribution in [-0.2, 0) is 14.3 Å². The van der Waals surface area contributed by atoms with Gasteiger partial charge in [0.15, 0.2) is 0 Å². The van der Waals surface area contributed by atoms with Crippen LogP contribution < -0.4 is 15.5 Å². The topological polar surface area (TPSA) is 87.7 Å². The molecule has 2 fully saturated rings. The molecule has 2 aromatic rings. The van der Waals surface area contributed by atoms with Crippen LogP contribution in [0, 0.1) is 5.82 Å². The predicted octanol–water partition coefficient (Wildman–Crippen LogP) is 7.13. The van der Waals surface area contributed by atoms with Gasteiger partial charge < -0.3 is 15.4 Å². The number of alkyl carbamates (subject to hydrolysis) is 1. The van der Waals surface area contributed by atoms with Gasteiger partial charge in [-0.3, -0.25) is 14.5 Å². The normalized spacial score (nSPS) is 17.8. The highest BCUT2D eigenvalue weighted by Crippen LogP contribution is 2.42. The Labute approximate surface area is 242 Å². The molecule has 0 spiro atoms. The molecule has 0 aliphatic heterocycles. The Hall–Kier alpha value is -3.56. The molecular formula is C31H44F3N3O4. The van der Waals surface area contributed by atoms with E-state index in [0.717, 1.165) is 42.9 Å². The minimum atomic E-state index is -2.88. The number of ether oxygens (including phenoxy) is 1. The molecule has 41 heavy (non-hydrogen) atoms. The van der Waals surface area contributed by atoms with Gasteiger partial charge in [-0.25, -0.2) is 18.0 Å². The SMILES string of the molecule is CC.CC.COC(=O)NCC(=O)N(c1cccc(F)c1)[C@H](C(=O)N[C@H]1CCC(F)(F)C1)c1ccccc1C1CCC1.[HH]. The zero-order valence-corrected chi connectivity index (χ0v) is 24.5. The van der Waals surface area contributed by atoms with E-state index in [0.29, 0.717) is 5.56 Å². The van der Waals surface area contributed by atoms with Crippen LogP contribution in [0.25, 0.3) is 0 Å². The zero-order valence-electron chi connectivity index (χ0n) is 24.5. The number of carbonyl (C=O) groups is 3. The number of carbonyl (C=O) groups excluding carboxylic acids is 3. The largest absolute Gasteiger partial charge is 0.453 e. The first kappa shape index (κ1) is 33.6. The molecular weight excluding hydrogens is 535 g/mol. The molecule has 2 saturated carbocycles. The molecule has 228 valence electrons. The van der Waals surface area contributed by atoms with Crippen molar-refractivity contribution in [3.05, 3.63) is 65.5 Å². The lowest BCUT2D eigenvalue weighted by Crippen LogP contribution is -2.49. The van der Waals surface area contributed by atoms with Crippen LogP contribution in [-0.4, -0.2) is 43.5 Å². The molecule has 0 heterocycles. The number of benzene rings is 2. The van der Waals surface area contributed by atoms with Crippen molar-refractivity contribution in [1.82, 2.24) is 10.6 Å². The quantitative estimate of drug-likeness (QED) is 0.348. The Balaban J connectivity index is 0.00000169. The number of anilines is 1. The predicted molar refractivity (Wildman–Crippen MR) is 156 cm³/mol. The van der Waals surface area contributed by atoms with E-state index in [1.54, 1.807) is 12.1 Å². The van der Waals surface area contributed by atoms with Crippen LogP contribution in [0.3, 0.4) is 0 Å². The average Bonchev–Trinajstić information content (AvgIpc) is 3.29. The van der Waals surface area contributed by atoms with E-state index in [9.17, 15) is 27.6 Å². The number of hydrogen-bond donors (Lipinski definition) is 2. The number of halogens is 3. The molecule has 3 amide bonds. The highest BCUT2D eigenvalue weighted by Gasteiger charge is 2.42. The highest BCUT2D eigenvalue weighted by atomic mass is 19.3. The van der Waals surface area contributed by atoms with Crippen molar-refractivity contribution in [1.29, 1.82) is 0 Å². The van der Waals surface area contributed by atoms with E-state index < -0.39 is 54.7 Å². The first-order chi connectivity index (χ1) is 19.7. The molecule has 7 nitrogen and oxygen atoms in total. The third-order valence-electron chi connectivity index (χ3n) is 7.02. The van der Waals surface area contributed by atoms with Gasteiger partial charge in [0.2, 0.25) is 17.7 Å². The van der Waals surface area contributed by atoms with E-state index in [1.165, 1.54) is 18.2 Å². The maximum absolute atomic E-state index is 14.3. The zero-order chi connectivity index (χ0) is 30.6. The smallest absolute Gasteiger partial charge is 0.407 e. The third-order valence-corrected chi connectivity index (χ3v) is 7.02. The maximum atomic E-state index is 14.3. The Kier molecular flexibility index (Phi) is 13.2. The molecule has 10 heteroatoms. The fraction of sp³-hybridized carbons (Fsp3) is 0.516. The Morgan fingerprint density at radius 1 is 1.05 bits per heavy atom. The van der Waals surface area contributed by atoms with Crippen LogP contribution in [0.1, 0.15) is 90.7 Å².